The van der Waals surface area contributed by atoms with E-state index in [1.54, 1.807) is 5.57 Å². The zero-order valence-electron chi connectivity index (χ0n) is 31.5. The highest BCUT2D eigenvalue weighted by Crippen LogP contribution is 2.68. The van der Waals surface area contributed by atoms with Crippen LogP contribution in [0.15, 0.2) is 23.8 Å². The summed E-state index contributed by atoms with van der Waals surface area (Å²) in [5, 5.41) is 9.77. The summed E-state index contributed by atoms with van der Waals surface area (Å²) in [6, 6.07) is 0. The van der Waals surface area contributed by atoms with Crippen LogP contribution in [0.1, 0.15) is 127 Å². The summed E-state index contributed by atoms with van der Waals surface area (Å²) >= 11 is 0. The molecule has 0 aromatic rings. The summed E-state index contributed by atoms with van der Waals surface area (Å²) < 4.78 is 24.1. The van der Waals surface area contributed by atoms with E-state index in [-0.39, 0.29) is 34.2 Å². The second-order valence-corrected chi connectivity index (χ2v) is 23.0. The van der Waals surface area contributed by atoms with Crippen LogP contribution < -0.4 is 0 Å². The first-order chi connectivity index (χ1) is 21.2. The van der Waals surface area contributed by atoms with Crippen LogP contribution in [0.2, 0.25) is 18.1 Å². The number of fused-ring (bicyclic) bond motifs is 5. The van der Waals surface area contributed by atoms with E-state index in [1.165, 1.54) is 38.5 Å². The Bertz CT molecular complexity index is 1140. The topological polar surface area (TPSA) is 74.2 Å². The molecule has 4 rings (SSSR count). The molecule has 0 amide bonds. The lowest BCUT2D eigenvalue weighted by atomic mass is 9.46. The zero-order chi connectivity index (χ0) is 34.3. The minimum Gasteiger partial charge on any atom is -0.450 e. The van der Waals surface area contributed by atoms with Gasteiger partial charge in [-0.05, 0) is 138 Å². The van der Waals surface area contributed by atoms with E-state index in [9.17, 15) is 9.90 Å². The Kier molecular flexibility index (Phi) is 11.2. The summed E-state index contributed by atoms with van der Waals surface area (Å²) in [5.41, 5.74) is 1.33. The predicted molar refractivity (Wildman–Crippen MR) is 189 cm³/mol. The van der Waals surface area contributed by atoms with Crippen molar-refractivity contribution < 1.29 is 28.5 Å². The molecular formula is C39H68O6Si. The molecule has 0 aliphatic heterocycles. The Hall–Kier alpha value is -1.15. The second-order valence-electron chi connectivity index (χ2n) is 18.2. The SMILES string of the molecule is CCOC(C)OC(C)(C)CC=C[C@](C)(COC(=O)O)[C@H]1CCC2C3CC=C4CC(O[Si](C)(C)C(C)(C)C)CC[C@]4(C)C3CC[C@@]21C. The first-order valence-electron chi connectivity index (χ1n) is 18.4. The molecule has 0 aromatic heterocycles. The third-order valence-electron chi connectivity index (χ3n) is 13.6. The minimum atomic E-state index is -1.80. The maximum Gasteiger partial charge on any atom is 0.505 e. The molecule has 4 aliphatic carbocycles. The molecule has 0 aromatic carbocycles. The van der Waals surface area contributed by atoms with E-state index in [0.717, 1.165) is 25.2 Å². The summed E-state index contributed by atoms with van der Waals surface area (Å²) in [6.45, 7) is 28.1. The van der Waals surface area contributed by atoms with Gasteiger partial charge in [-0.2, -0.15) is 0 Å². The van der Waals surface area contributed by atoms with Crippen LogP contribution in [0.5, 0.6) is 0 Å². The van der Waals surface area contributed by atoms with Gasteiger partial charge in [-0.15, -0.1) is 0 Å². The molecule has 0 radical (unpaired) electrons. The van der Waals surface area contributed by atoms with Crippen LogP contribution in [0.3, 0.4) is 0 Å². The molecule has 1 N–H and O–H groups in total. The van der Waals surface area contributed by atoms with E-state index in [4.69, 9.17) is 18.6 Å². The number of hydrogen-bond acceptors (Lipinski definition) is 5. The van der Waals surface area contributed by atoms with Gasteiger partial charge in [0.25, 0.3) is 0 Å². The van der Waals surface area contributed by atoms with Crippen LogP contribution in [-0.4, -0.2) is 50.8 Å². The lowest BCUT2D eigenvalue weighted by Gasteiger charge is -2.59. The van der Waals surface area contributed by atoms with Gasteiger partial charge in [-0.1, -0.05) is 65.3 Å². The highest BCUT2D eigenvalue weighted by atomic mass is 28.4. The van der Waals surface area contributed by atoms with E-state index in [1.807, 2.05) is 13.8 Å². The smallest absolute Gasteiger partial charge is 0.450 e. The lowest BCUT2D eigenvalue weighted by Crippen LogP contribution is -2.53. The molecule has 4 aliphatic rings. The summed E-state index contributed by atoms with van der Waals surface area (Å²) in [5.74, 6) is 2.42. The van der Waals surface area contributed by atoms with Crippen LogP contribution in [-0.2, 0) is 18.6 Å². The van der Waals surface area contributed by atoms with Crippen molar-refractivity contribution in [2.45, 2.75) is 163 Å². The average molecular weight is 661 g/mol. The minimum absolute atomic E-state index is 0.155. The molecule has 264 valence electrons. The average Bonchev–Trinajstić information content (AvgIpc) is 3.29. The van der Waals surface area contributed by atoms with Gasteiger partial charge in [0, 0.05) is 18.1 Å². The van der Waals surface area contributed by atoms with Gasteiger partial charge >= 0.3 is 6.16 Å². The van der Waals surface area contributed by atoms with Crippen molar-refractivity contribution in [2.75, 3.05) is 13.2 Å². The van der Waals surface area contributed by atoms with E-state index in [0.29, 0.717) is 30.5 Å². The molecule has 46 heavy (non-hydrogen) atoms. The molecule has 6 nitrogen and oxygen atoms in total. The third kappa shape index (κ3) is 7.68. The van der Waals surface area contributed by atoms with Gasteiger partial charge in [-0.25, -0.2) is 4.79 Å². The van der Waals surface area contributed by atoms with E-state index < -0.39 is 20.1 Å². The van der Waals surface area contributed by atoms with Crippen molar-refractivity contribution in [3.63, 3.8) is 0 Å². The fourth-order valence-corrected chi connectivity index (χ4v) is 11.7. The van der Waals surface area contributed by atoms with Crippen molar-refractivity contribution >= 4 is 14.5 Å². The number of allylic oxidation sites excluding steroid dienone is 1. The second kappa shape index (κ2) is 13.6. The Morgan fingerprint density at radius 2 is 1.76 bits per heavy atom. The van der Waals surface area contributed by atoms with Crippen molar-refractivity contribution in [3.8, 4) is 0 Å². The van der Waals surface area contributed by atoms with Crippen molar-refractivity contribution in [1.29, 1.82) is 0 Å². The first-order valence-corrected chi connectivity index (χ1v) is 21.3. The van der Waals surface area contributed by atoms with Gasteiger partial charge in [0.15, 0.2) is 14.6 Å². The summed E-state index contributed by atoms with van der Waals surface area (Å²) in [4.78, 5) is 11.7. The third-order valence-corrected chi connectivity index (χ3v) is 18.2. The molecular weight excluding hydrogens is 593 g/mol. The van der Waals surface area contributed by atoms with Crippen molar-refractivity contribution in [3.05, 3.63) is 23.8 Å². The van der Waals surface area contributed by atoms with Gasteiger partial charge in [0.2, 0.25) is 0 Å². The largest absolute Gasteiger partial charge is 0.505 e. The van der Waals surface area contributed by atoms with Crippen LogP contribution >= 0.6 is 0 Å². The Labute approximate surface area is 282 Å². The fraction of sp³-hybridized carbons (Fsp3) is 0.872. The Morgan fingerprint density at radius 3 is 2.39 bits per heavy atom. The van der Waals surface area contributed by atoms with Gasteiger partial charge in [-0.3, -0.25) is 0 Å². The first kappa shape index (κ1) is 37.7. The maximum absolute atomic E-state index is 11.7. The molecule has 3 fully saturated rings. The van der Waals surface area contributed by atoms with Gasteiger partial charge < -0.3 is 23.7 Å². The molecule has 0 saturated heterocycles. The molecule has 5 unspecified atom stereocenters. The van der Waals surface area contributed by atoms with Crippen molar-refractivity contribution in [2.24, 2.45) is 39.9 Å². The van der Waals surface area contributed by atoms with Gasteiger partial charge in [0.1, 0.15) is 6.61 Å². The normalized spacial score (nSPS) is 35.5. The molecule has 7 heteroatoms. The number of carboxylic acid groups (broad SMARTS) is 1. The Balaban J connectivity index is 1.52. The molecule has 0 spiro atoms. The van der Waals surface area contributed by atoms with E-state index in [2.05, 4.69) is 86.7 Å². The fourth-order valence-electron chi connectivity index (χ4n) is 10.3. The molecule has 3 saturated carbocycles. The standard InChI is InChI=1S/C39H68O6Si/c1-13-42-27(2)44-36(6,7)21-14-22-37(8,26-43-34(40)41)33-18-17-31-30-16-15-28-25-29(45-46(11,12)35(3,4)5)19-23-38(28,9)32(30)20-24-39(31,33)10/h14-15,22,27,29-33H,13,16-21,23-26H2,1-12H3,(H,40,41)/t27?,29?,30?,31?,32?,33-,37-,38+,39+/m1/s1. The summed E-state index contributed by atoms with van der Waals surface area (Å²) in [7, 11) is -1.80. The van der Waals surface area contributed by atoms with Crippen LogP contribution in [0.4, 0.5) is 4.79 Å². The molecule has 0 heterocycles. The van der Waals surface area contributed by atoms with E-state index >= 15 is 0 Å². The number of rotatable bonds is 12. The number of hydrogen-bond donors (Lipinski definition) is 1. The number of ether oxygens (including phenoxy) is 3. The zero-order valence-corrected chi connectivity index (χ0v) is 32.5. The maximum atomic E-state index is 11.7. The molecule has 0 bridgehead atoms. The predicted octanol–water partition coefficient (Wildman–Crippen LogP) is 10.8. The molecule has 9 atom stereocenters. The lowest BCUT2D eigenvalue weighted by molar-refractivity contribution is -0.187. The monoisotopic (exact) mass is 660 g/mol. The Morgan fingerprint density at radius 1 is 1.07 bits per heavy atom. The highest BCUT2D eigenvalue weighted by Gasteiger charge is 2.61. The highest BCUT2D eigenvalue weighted by molar-refractivity contribution is 6.74. The number of carbonyl (C=O) groups is 1. The summed E-state index contributed by atoms with van der Waals surface area (Å²) in [6.07, 6.45) is 16.2. The van der Waals surface area contributed by atoms with Crippen molar-refractivity contribution in [1.82, 2.24) is 0 Å². The van der Waals surface area contributed by atoms with Crippen LogP contribution in [0.25, 0.3) is 0 Å². The quantitative estimate of drug-likeness (QED) is 0.0972. The van der Waals surface area contributed by atoms with Crippen LogP contribution in [0, 0.1) is 39.9 Å². The van der Waals surface area contributed by atoms with Gasteiger partial charge in [0.05, 0.1) is 5.60 Å².